The summed E-state index contributed by atoms with van der Waals surface area (Å²) < 4.78 is 0. The summed E-state index contributed by atoms with van der Waals surface area (Å²) in [7, 11) is 0. The lowest BCUT2D eigenvalue weighted by atomic mass is 9.87. The van der Waals surface area contributed by atoms with Crippen molar-refractivity contribution in [2.24, 2.45) is 5.92 Å². The molecule has 118 valence electrons. The highest BCUT2D eigenvalue weighted by atomic mass is 16.3. The third-order valence-corrected chi connectivity index (χ3v) is 4.81. The number of β-amino-alcohol motifs (C(OH)–C–C–N with tert-alkyl or cyclic N) is 1. The number of hydrogen-bond acceptors (Lipinski definition) is 3. The van der Waals surface area contributed by atoms with Crippen LogP contribution in [-0.4, -0.2) is 39.4 Å². The second kappa shape index (κ2) is 6.63. The quantitative estimate of drug-likeness (QED) is 0.912. The van der Waals surface area contributed by atoms with Gasteiger partial charge in [0.25, 0.3) is 0 Å². The van der Waals surface area contributed by atoms with Crippen molar-refractivity contribution in [1.29, 1.82) is 0 Å². The highest BCUT2D eigenvalue weighted by Crippen LogP contribution is 2.24. The minimum Gasteiger partial charge on any atom is -0.391 e. The van der Waals surface area contributed by atoms with Gasteiger partial charge in [-0.1, -0.05) is 30.3 Å². The van der Waals surface area contributed by atoms with E-state index in [4.69, 9.17) is 0 Å². The molecule has 1 aromatic carbocycles. The number of nitrogens with one attached hydrogen (secondary N) is 1. The maximum atomic E-state index is 10.5. The van der Waals surface area contributed by atoms with Gasteiger partial charge in [0, 0.05) is 24.3 Å². The molecule has 4 heteroatoms. The SMILES string of the molecule is Cc1n[nH]c(C)c1CN1CC[C@H](Cc2ccccc2)[C@H](O)C1. The predicted octanol–water partition coefficient (Wildman–Crippen LogP) is 2.45. The Kier molecular flexibility index (Phi) is 4.60. The standard InChI is InChI=1S/C18H25N3O/c1-13-17(14(2)20-19-13)11-21-9-8-16(18(22)12-21)10-15-6-4-3-5-7-15/h3-7,16,18,22H,8-12H2,1-2H3,(H,19,20)/t16-,18-/m1/s1. The van der Waals surface area contributed by atoms with Crippen LogP contribution in [0.5, 0.6) is 0 Å². The summed E-state index contributed by atoms with van der Waals surface area (Å²) in [6.07, 6.45) is 1.77. The van der Waals surface area contributed by atoms with Crippen LogP contribution < -0.4 is 0 Å². The zero-order chi connectivity index (χ0) is 15.5. The number of rotatable bonds is 4. The number of aromatic nitrogens is 2. The first-order valence-electron chi connectivity index (χ1n) is 8.08. The van der Waals surface area contributed by atoms with Gasteiger partial charge in [-0.3, -0.25) is 10.00 Å². The second-order valence-corrected chi connectivity index (χ2v) is 6.45. The molecule has 2 aromatic rings. The molecule has 3 rings (SSSR count). The van der Waals surface area contributed by atoms with Gasteiger partial charge in [0.15, 0.2) is 0 Å². The molecule has 0 bridgehead atoms. The average Bonchev–Trinajstić information content (AvgIpc) is 2.83. The molecule has 0 amide bonds. The lowest BCUT2D eigenvalue weighted by Gasteiger charge is -2.36. The van der Waals surface area contributed by atoms with E-state index < -0.39 is 0 Å². The number of nitrogens with zero attached hydrogens (tertiary/aromatic N) is 2. The van der Waals surface area contributed by atoms with Gasteiger partial charge in [-0.15, -0.1) is 0 Å². The van der Waals surface area contributed by atoms with Crippen molar-refractivity contribution < 1.29 is 5.11 Å². The Labute approximate surface area is 132 Å². The summed E-state index contributed by atoms with van der Waals surface area (Å²) in [6, 6.07) is 10.5. The summed E-state index contributed by atoms with van der Waals surface area (Å²) in [5.74, 6) is 0.366. The third-order valence-electron chi connectivity index (χ3n) is 4.81. The third kappa shape index (κ3) is 3.39. The van der Waals surface area contributed by atoms with Crippen molar-refractivity contribution in [3.63, 3.8) is 0 Å². The molecule has 4 nitrogen and oxygen atoms in total. The second-order valence-electron chi connectivity index (χ2n) is 6.45. The number of hydrogen-bond donors (Lipinski definition) is 2. The number of H-pyrrole nitrogens is 1. The molecular formula is C18H25N3O. The molecule has 0 aliphatic carbocycles. The van der Waals surface area contributed by atoms with Crippen LogP contribution >= 0.6 is 0 Å². The first kappa shape index (κ1) is 15.3. The molecule has 22 heavy (non-hydrogen) atoms. The number of likely N-dealkylation sites (tertiary alicyclic amines) is 1. The van der Waals surface area contributed by atoms with E-state index in [9.17, 15) is 5.11 Å². The van der Waals surface area contributed by atoms with Crippen LogP contribution in [0.3, 0.4) is 0 Å². The van der Waals surface area contributed by atoms with Crippen LogP contribution in [-0.2, 0) is 13.0 Å². The Morgan fingerprint density at radius 3 is 2.68 bits per heavy atom. The van der Waals surface area contributed by atoms with Gasteiger partial charge in [-0.05, 0) is 44.7 Å². The van der Waals surface area contributed by atoms with Crippen LogP contribution in [0.4, 0.5) is 0 Å². The molecule has 2 heterocycles. The van der Waals surface area contributed by atoms with Gasteiger partial charge >= 0.3 is 0 Å². The van der Waals surface area contributed by atoms with Crippen molar-refractivity contribution in [2.45, 2.75) is 39.3 Å². The minimum atomic E-state index is -0.249. The van der Waals surface area contributed by atoms with Gasteiger partial charge in [-0.25, -0.2) is 0 Å². The van der Waals surface area contributed by atoms with E-state index in [-0.39, 0.29) is 6.10 Å². The van der Waals surface area contributed by atoms with Crippen molar-refractivity contribution in [1.82, 2.24) is 15.1 Å². The van der Waals surface area contributed by atoms with Gasteiger partial charge in [0.1, 0.15) is 0 Å². The molecule has 1 aliphatic heterocycles. The monoisotopic (exact) mass is 299 g/mol. The molecule has 0 radical (unpaired) electrons. The van der Waals surface area contributed by atoms with Gasteiger partial charge in [0.2, 0.25) is 0 Å². The molecule has 2 atom stereocenters. The minimum absolute atomic E-state index is 0.249. The molecule has 1 aliphatic rings. The van der Waals surface area contributed by atoms with Crippen LogP contribution in [0, 0.1) is 19.8 Å². The fourth-order valence-corrected chi connectivity index (χ4v) is 3.37. The number of aliphatic hydroxyl groups is 1. The maximum absolute atomic E-state index is 10.5. The Hall–Kier alpha value is -1.65. The van der Waals surface area contributed by atoms with Gasteiger partial charge in [-0.2, -0.15) is 5.10 Å². The maximum Gasteiger partial charge on any atom is 0.0699 e. The molecule has 1 fully saturated rings. The summed E-state index contributed by atoms with van der Waals surface area (Å²) in [5.41, 5.74) is 4.80. The van der Waals surface area contributed by atoms with E-state index in [2.05, 4.69) is 46.3 Å². The molecule has 1 aromatic heterocycles. The number of piperidine rings is 1. The predicted molar refractivity (Wildman–Crippen MR) is 87.6 cm³/mol. The normalized spacial score (nSPS) is 22.9. The Morgan fingerprint density at radius 1 is 1.27 bits per heavy atom. The molecular weight excluding hydrogens is 274 g/mol. The summed E-state index contributed by atoms with van der Waals surface area (Å²) in [6.45, 7) is 6.77. The molecule has 1 saturated heterocycles. The van der Waals surface area contributed by atoms with E-state index >= 15 is 0 Å². The highest BCUT2D eigenvalue weighted by molar-refractivity contribution is 5.23. The Bertz CT molecular complexity index is 589. The Balaban J connectivity index is 1.58. The van der Waals surface area contributed by atoms with Crippen LogP contribution in [0.25, 0.3) is 0 Å². The fourth-order valence-electron chi connectivity index (χ4n) is 3.37. The lowest BCUT2D eigenvalue weighted by molar-refractivity contribution is 0.0186. The highest BCUT2D eigenvalue weighted by Gasteiger charge is 2.28. The summed E-state index contributed by atoms with van der Waals surface area (Å²) >= 11 is 0. The fraction of sp³-hybridized carbons (Fsp3) is 0.500. The topological polar surface area (TPSA) is 52.2 Å². The Morgan fingerprint density at radius 2 is 2.05 bits per heavy atom. The van der Waals surface area contributed by atoms with Crippen LogP contribution in [0.1, 0.15) is 28.9 Å². The van der Waals surface area contributed by atoms with Crippen molar-refractivity contribution >= 4 is 0 Å². The molecule has 0 saturated carbocycles. The van der Waals surface area contributed by atoms with Gasteiger partial charge < -0.3 is 5.11 Å². The number of aliphatic hydroxyl groups excluding tert-OH is 1. The average molecular weight is 299 g/mol. The van der Waals surface area contributed by atoms with E-state index in [1.165, 1.54) is 11.1 Å². The number of aromatic amines is 1. The first-order valence-corrected chi connectivity index (χ1v) is 8.08. The molecule has 0 spiro atoms. The zero-order valence-corrected chi connectivity index (χ0v) is 13.4. The summed E-state index contributed by atoms with van der Waals surface area (Å²) in [4.78, 5) is 2.34. The largest absolute Gasteiger partial charge is 0.391 e. The van der Waals surface area contributed by atoms with E-state index in [0.717, 1.165) is 43.9 Å². The van der Waals surface area contributed by atoms with Gasteiger partial charge in [0.05, 0.1) is 11.8 Å². The van der Waals surface area contributed by atoms with E-state index in [1.54, 1.807) is 0 Å². The van der Waals surface area contributed by atoms with Crippen molar-refractivity contribution in [2.75, 3.05) is 13.1 Å². The molecule has 2 N–H and O–H groups in total. The smallest absolute Gasteiger partial charge is 0.0699 e. The summed E-state index contributed by atoms with van der Waals surface area (Å²) in [5, 5.41) is 17.8. The number of benzene rings is 1. The van der Waals surface area contributed by atoms with Crippen molar-refractivity contribution in [3.8, 4) is 0 Å². The molecule has 0 unspecified atom stereocenters. The van der Waals surface area contributed by atoms with E-state index in [1.807, 2.05) is 13.0 Å². The zero-order valence-electron chi connectivity index (χ0n) is 13.4. The first-order chi connectivity index (χ1) is 10.6. The number of aryl methyl sites for hydroxylation is 2. The van der Waals surface area contributed by atoms with Crippen LogP contribution in [0.15, 0.2) is 30.3 Å². The van der Waals surface area contributed by atoms with E-state index in [0.29, 0.717) is 5.92 Å². The van der Waals surface area contributed by atoms with Crippen molar-refractivity contribution in [3.05, 3.63) is 52.8 Å². The lowest BCUT2D eigenvalue weighted by Crippen LogP contribution is -2.44. The van der Waals surface area contributed by atoms with Crippen LogP contribution in [0.2, 0.25) is 0 Å².